The predicted octanol–water partition coefficient (Wildman–Crippen LogP) is -1.39. The van der Waals surface area contributed by atoms with Crippen LogP contribution in [0.25, 0.3) is 0 Å². The normalized spacial score (nSPS) is 15.6. The average molecular weight is 186 g/mol. The summed E-state index contributed by atoms with van der Waals surface area (Å²) in [5, 5.41) is 17.1. The summed E-state index contributed by atoms with van der Waals surface area (Å²) >= 11 is 0. The maximum absolute atomic E-state index is 9.40. The number of nitrogens with zero attached hydrogens (tertiary/aromatic N) is 3. The lowest BCUT2D eigenvalue weighted by atomic mass is 10.2. The lowest BCUT2D eigenvalue weighted by Crippen LogP contribution is -2.41. The fourth-order valence-corrected chi connectivity index (χ4v) is 0.942. The van der Waals surface area contributed by atoms with Crippen LogP contribution >= 0.6 is 0 Å². The first-order chi connectivity index (χ1) is 6.24. The quantitative estimate of drug-likeness (QED) is 0.591. The highest BCUT2D eigenvalue weighted by Gasteiger charge is 2.15. The van der Waals surface area contributed by atoms with Crippen molar-refractivity contribution in [1.82, 2.24) is 15.0 Å². The van der Waals surface area contributed by atoms with Crippen molar-refractivity contribution >= 4 is 0 Å². The zero-order valence-electron chi connectivity index (χ0n) is 7.50. The molecule has 0 fully saturated rings. The van der Waals surface area contributed by atoms with Gasteiger partial charge in [0.1, 0.15) is 0 Å². The smallest absolute Gasteiger partial charge is 0.0942 e. The molecule has 1 aromatic rings. The molecule has 0 aliphatic rings. The molecule has 1 rings (SSSR count). The molecule has 0 amide bonds. The highest BCUT2D eigenvalue weighted by atomic mass is 16.5. The van der Waals surface area contributed by atoms with E-state index in [9.17, 15) is 5.11 Å². The molecule has 0 bridgehead atoms. The van der Waals surface area contributed by atoms with Gasteiger partial charge in [0.05, 0.1) is 37.7 Å². The van der Waals surface area contributed by atoms with Gasteiger partial charge >= 0.3 is 0 Å². The Balaban J connectivity index is 2.36. The maximum atomic E-state index is 9.40. The minimum atomic E-state index is -0.684. The number of aliphatic hydroxyl groups excluding tert-OH is 1. The Hall–Kier alpha value is -0.980. The minimum absolute atomic E-state index is 0.225. The van der Waals surface area contributed by atoms with Gasteiger partial charge in [0, 0.05) is 7.11 Å². The largest absolute Gasteiger partial charge is 0.389 e. The molecule has 1 aromatic heterocycles. The molecule has 0 radical (unpaired) electrons. The van der Waals surface area contributed by atoms with Crippen LogP contribution in [0.4, 0.5) is 0 Å². The monoisotopic (exact) mass is 186 g/mol. The van der Waals surface area contributed by atoms with Crippen LogP contribution in [-0.4, -0.2) is 46.0 Å². The van der Waals surface area contributed by atoms with Gasteiger partial charge < -0.3 is 15.6 Å². The Morgan fingerprint density at radius 2 is 2.15 bits per heavy atom. The molecule has 0 saturated heterocycles. The number of hydrogen-bond acceptors (Lipinski definition) is 5. The topological polar surface area (TPSA) is 86.2 Å². The van der Waals surface area contributed by atoms with Crippen molar-refractivity contribution in [1.29, 1.82) is 0 Å². The third-order valence-corrected chi connectivity index (χ3v) is 1.67. The summed E-state index contributed by atoms with van der Waals surface area (Å²) in [6, 6.07) is -0.410. The van der Waals surface area contributed by atoms with Crippen LogP contribution in [0.15, 0.2) is 12.4 Å². The van der Waals surface area contributed by atoms with E-state index in [0.717, 1.165) is 0 Å². The molecule has 74 valence electrons. The number of hydrogen-bond donors (Lipinski definition) is 2. The van der Waals surface area contributed by atoms with E-state index in [1.807, 2.05) is 0 Å². The van der Waals surface area contributed by atoms with Crippen molar-refractivity contribution in [3.05, 3.63) is 12.4 Å². The summed E-state index contributed by atoms with van der Waals surface area (Å²) in [6.45, 7) is 0.611. The van der Waals surface area contributed by atoms with Crippen molar-refractivity contribution in [3.8, 4) is 0 Å². The Morgan fingerprint density at radius 1 is 1.54 bits per heavy atom. The highest BCUT2D eigenvalue weighted by Crippen LogP contribution is 1.93. The maximum Gasteiger partial charge on any atom is 0.0942 e. The van der Waals surface area contributed by atoms with Gasteiger partial charge in [-0.1, -0.05) is 0 Å². The van der Waals surface area contributed by atoms with Crippen LogP contribution in [0, 0.1) is 0 Å². The van der Waals surface area contributed by atoms with Gasteiger partial charge in [-0.2, -0.15) is 15.0 Å². The second-order valence-corrected chi connectivity index (χ2v) is 2.77. The zero-order valence-corrected chi connectivity index (χ0v) is 7.50. The number of aromatic nitrogens is 3. The number of methoxy groups -OCH3 is 1. The number of ether oxygens (including phenoxy) is 1. The molecule has 1 heterocycles. The summed E-state index contributed by atoms with van der Waals surface area (Å²) in [5.74, 6) is 0. The van der Waals surface area contributed by atoms with Crippen molar-refractivity contribution in [2.45, 2.75) is 18.7 Å². The van der Waals surface area contributed by atoms with E-state index in [0.29, 0.717) is 6.54 Å². The summed E-state index contributed by atoms with van der Waals surface area (Å²) in [6.07, 6.45) is 2.45. The van der Waals surface area contributed by atoms with E-state index in [-0.39, 0.29) is 6.61 Å². The fraction of sp³-hybridized carbons (Fsp3) is 0.714. The molecule has 0 aromatic carbocycles. The van der Waals surface area contributed by atoms with Crippen molar-refractivity contribution in [2.24, 2.45) is 5.73 Å². The lowest BCUT2D eigenvalue weighted by molar-refractivity contribution is 0.0424. The molecule has 3 N–H and O–H groups in total. The van der Waals surface area contributed by atoms with Crippen molar-refractivity contribution in [3.63, 3.8) is 0 Å². The molecular weight excluding hydrogens is 172 g/mol. The standard InChI is InChI=1S/C7H14N4O2/c1-13-5-7(12)6(8)4-11-9-2-3-10-11/h2-3,6-7,12H,4-5,8H2,1H3/t6-,7-/m1/s1. The van der Waals surface area contributed by atoms with Crippen molar-refractivity contribution in [2.75, 3.05) is 13.7 Å². The molecular formula is C7H14N4O2. The number of rotatable bonds is 5. The number of nitrogens with two attached hydrogens (primary N) is 1. The molecule has 0 unspecified atom stereocenters. The van der Waals surface area contributed by atoms with E-state index in [1.54, 1.807) is 12.4 Å². The van der Waals surface area contributed by atoms with Gasteiger partial charge in [0.25, 0.3) is 0 Å². The van der Waals surface area contributed by atoms with Crippen molar-refractivity contribution < 1.29 is 9.84 Å². The Labute approximate surface area is 76.3 Å². The lowest BCUT2D eigenvalue weighted by Gasteiger charge is -2.16. The summed E-state index contributed by atoms with van der Waals surface area (Å²) in [4.78, 5) is 1.43. The molecule has 0 spiro atoms. The van der Waals surface area contributed by atoms with Gasteiger partial charge in [0.15, 0.2) is 0 Å². The zero-order chi connectivity index (χ0) is 9.68. The molecule has 0 aliphatic carbocycles. The van der Waals surface area contributed by atoms with E-state index in [1.165, 1.54) is 11.9 Å². The Morgan fingerprint density at radius 3 is 2.69 bits per heavy atom. The van der Waals surface area contributed by atoms with Gasteiger partial charge in [-0.25, -0.2) is 0 Å². The van der Waals surface area contributed by atoms with Crippen LogP contribution in [0.3, 0.4) is 0 Å². The first kappa shape index (κ1) is 10.1. The number of aliphatic hydroxyl groups is 1. The molecule has 13 heavy (non-hydrogen) atoms. The van der Waals surface area contributed by atoms with Gasteiger partial charge in [0.2, 0.25) is 0 Å². The molecule has 2 atom stereocenters. The van der Waals surface area contributed by atoms with Crippen LogP contribution < -0.4 is 5.73 Å². The van der Waals surface area contributed by atoms with Crippen LogP contribution in [-0.2, 0) is 11.3 Å². The Kier molecular flexibility index (Phi) is 3.81. The first-order valence-electron chi connectivity index (χ1n) is 4.00. The van der Waals surface area contributed by atoms with Gasteiger partial charge in [-0.15, -0.1) is 0 Å². The van der Waals surface area contributed by atoms with Gasteiger partial charge in [-0.05, 0) is 0 Å². The third kappa shape index (κ3) is 3.10. The van der Waals surface area contributed by atoms with Crippen LogP contribution in [0.5, 0.6) is 0 Å². The summed E-state index contributed by atoms with van der Waals surface area (Å²) in [5.41, 5.74) is 5.66. The predicted molar refractivity (Wildman–Crippen MR) is 45.9 cm³/mol. The fourth-order valence-electron chi connectivity index (χ4n) is 0.942. The van der Waals surface area contributed by atoms with E-state index in [2.05, 4.69) is 10.2 Å². The summed E-state index contributed by atoms with van der Waals surface area (Å²) in [7, 11) is 1.52. The van der Waals surface area contributed by atoms with E-state index in [4.69, 9.17) is 10.5 Å². The second-order valence-electron chi connectivity index (χ2n) is 2.77. The molecule has 6 nitrogen and oxygen atoms in total. The van der Waals surface area contributed by atoms with Crippen LogP contribution in [0.1, 0.15) is 0 Å². The highest BCUT2D eigenvalue weighted by molar-refractivity contribution is 4.71. The minimum Gasteiger partial charge on any atom is -0.389 e. The molecule has 6 heteroatoms. The first-order valence-corrected chi connectivity index (χ1v) is 4.00. The SMILES string of the molecule is COC[C@@H](O)[C@H](N)Cn1nccn1. The second kappa shape index (κ2) is 4.90. The van der Waals surface area contributed by atoms with E-state index >= 15 is 0 Å². The summed E-state index contributed by atoms with van der Waals surface area (Å²) < 4.78 is 4.76. The average Bonchev–Trinajstić information content (AvgIpc) is 2.57. The van der Waals surface area contributed by atoms with E-state index < -0.39 is 12.1 Å². The molecule has 0 aliphatic heterocycles. The van der Waals surface area contributed by atoms with Crippen LogP contribution in [0.2, 0.25) is 0 Å². The Bertz CT molecular complexity index is 226. The van der Waals surface area contributed by atoms with Gasteiger partial charge in [-0.3, -0.25) is 0 Å². The molecule has 0 saturated carbocycles. The third-order valence-electron chi connectivity index (χ3n) is 1.67.